The van der Waals surface area contributed by atoms with Gasteiger partial charge in [0.1, 0.15) is 18.1 Å². The van der Waals surface area contributed by atoms with Crippen LogP contribution >= 0.6 is 0 Å². The number of benzene rings is 1. The highest BCUT2D eigenvalue weighted by molar-refractivity contribution is 5.79. The number of nitrogens with zero attached hydrogens (tertiary/aromatic N) is 3. The van der Waals surface area contributed by atoms with Gasteiger partial charge in [-0.25, -0.2) is 9.98 Å². The van der Waals surface area contributed by atoms with Crippen LogP contribution in [0.25, 0.3) is 0 Å². The van der Waals surface area contributed by atoms with Crippen molar-refractivity contribution < 1.29 is 18.6 Å². The molecule has 2 rings (SSSR count). The molecule has 9 heteroatoms. The fourth-order valence-electron chi connectivity index (χ4n) is 2.73. The Labute approximate surface area is 169 Å². The molecule has 0 radical (unpaired) electrons. The number of imidazole rings is 1. The van der Waals surface area contributed by atoms with Crippen molar-refractivity contribution in [1.82, 2.24) is 20.2 Å². The zero-order valence-electron chi connectivity index (χ0n) is 17.0. The molecule has 0 amide bonds. The summed E-state index contributed by atoms with van der Waals surface area (Å²) < 4.78 is 30.8. The van der Waals surface area contributed by atoms with E-state index in [0.717, 1.165) is 12.4 Å². The van der Waals surface area contributed by atoms with Gasteiger partial charge < -0.3 is 25.0 Å². The predicted molar refractivity (Wildman–Crippen MR) is 108 cm³/mol. The first-order valence-corrected chi connectivity index (χ1v) is 9.64. The molecule has 1 aromatic carbocycles. The van der Waals surface area contributed by atoms with Crippen LogP contribution in [0.1, 0.15) is 38.3 Å². The molecule has 160 valence electrons. The van der Waals surface area contributed by atoms with E-state index in [1.54, 1.807) is 18.3 Å². The second-order valence-electron chi connectivity index (χ2n) is 6.93. The molecule has 0 spiro atoms. The number of aliphatic imine (C=N–C) groups is 1. The molecule has 0 aliphatic carbocycles. The molecule has 2 aromatic rings. The van der Waals surface area contributed by atoms with Crippen molar-refractivity contribution in [3.8, 4) is 5.75 Å². The maximum absolute atomic E-state index is 12.2. The van der Waals surface area contributed by atoms with E-state index in [1.807, 2.05) is 13.1 Å². The molecule has 0 fully saturated rings. The van der Waals surface area contributed by atoms with Crippen LogP contribution in [-0.2, 0) is 13.1 Å². The lowest BCUT2D eigenvalue weighted by Crippen LogP contribution is -2.39. The lowest BCUT2D eigenvalue weighted by molar-refractivity contribution is -0.0498. The average molecular weight is 409 g/mol. The van der Waals surface area contributed by atoms with Crippen LogP contribution < -0.4 is 15.4 Å². The molecule has 0 bridgehead atoms. The molecule has 3 N–H and O–H groups in total. The Morgan fingerprint density at radius 3 is 2.59 bits per heavy atom. The van der Waals surface area contributed by atoms with Gasteiger partial charge in [0.2, 0.25) is 0 Å². The number of alkyl halides is 2. The molecule has 0 saturated heterocycles. The van der Waals surface area contributed by atoms with Gasteiger partial charge in [0, 0.05) is 32.0 Å². The number of nitrogens with one attached hydrogen (secondary N) is 2. The topological polar surface area (TPSA) is 83.7 Å². The molecule has 7 nitrogen and oxygen atoms in total. The minimum atomic E-state index is -2.87. The summed E-state index contributed by atoms with van der Waals surface area (Å²) in [7, 11) is 0. The summed E-state index contributed by atoms with van der Waals surface area (Å²) in [5.41, 5.74) is 0.586. The highest BCUT2D eigenvalue weighted by Gasteiger charge is 2.11. The van der Waals surface area contributed by atoms with E-state index in [0.29, 0.717) is 30.5 Å². The number of halogens is 2. The maximum Gasteiger partial charge on any atom is 0.387 e. The quantitative estimate of drug-likeness (QED) is 0.415. The second kappa shape index (κ2) is 11.4. The van der Waals surface area contributed by atoms with Gasteiger partial charge in [-0.3, -0.25) is 0 Å². The fraction of sp³-hybridized carbons (Fsp3) is 0.500. The Kier molecular flexibility index (Phi) is 8.85. The first kappa shape index (κ1) is 22.6. The Morgan fingerprint density at radius 2 is 1.97 bits per heavy atom. The highest BCUT2D eigenvalue weighted by atomic mass is 19.3. The average Bonchev–Trinajstić information content (AvgIpc) is 3.10. The Hall–Kier alpha value is -2.68. The maximum atomic E-state index is 12.2. The van der Waals surface area contributed by atoms with Crippen molar-refractivity contribution in [2.75, 3.05) is 13.1 Å². The molecule has 0 aliphatic rings. The van der Waals surface area contributed by atoms with Gasteiger partial charge in [-0.1, -0.05) is 26.0 Å². The zero-order valence-corrected chi connectivity index (χ0v) is 17.0. The molecule has 0 aliphatic heterocycles. The van der Waals surface area contributed by atoms with Crippen molar-refractivity contribution in [2.45, 2.75) is 46.6 Å². The van der Waals surface area contributed by atoms with Crippen molar-refractivity contribution in [2.24, 2.45) is 10.9 Å². The van der Waals surface area contributed by atoms with E-state index in [-0.39, 0.29) is 12.3 Å². The molecular formula is C20H29F2N5O2. The van der Waals surface area contributed by atoms with Gasteiger partial charge >= 0.3 is 6.61 Å². The van der Waals surface area contributed by atoms with Gasteiger partial charge in [0.05, 0.1) is 6.10 Å². The zero-order chi connectivity index (χ0) is 21.2. The van der Waals surface area contributed by atoms with E-state index in [4.69, 9.17) is 0 Å². The molecule has 1 unspecified atom stereocenters. The Morgan fingerprint density at radius 1 is 1.24 bits per heavy atom. The van der Waals surface area contributed by atoms with Gasteiger partial charge in [-0.2, -0.15) is 8.78 Å². The number of ether oxygens (including phenoxy) is 1. The standard InChI is InChI=1S/C20H29F2N5O2/c1-4-23-20(26-12-18-24-9-10-27(18)13-14(2)3)25-11-17(28)15-5-7-16(8-6-15)29-19(21)22/h5-10,14,17,19,28H,4,11-13H2,1-3H3,(H2,23,25,26). The number of guanidine groups is 1. The van der Waals surface area contributed by atoms with E-state index >= 15 is 0 Å². The van der Waals surface area contributed by atoms with Gasteiger partial charge in [0.15, 0.2) is 5.96 Å². The van der Waals surface area contributed by atoms with Crippen LogP contribution in [0.15, 0.2) is 41.7 Å². The number of rotatable bonds is 10. The van der Waals surface area contributed by atoms with Gasteiger partial charge in [0.25, 0.3) is 0 Å². The molecule has 1 atom stereocenters. The normalized spacial score (nSPS) is 13.0. The molecular weight excluding hydrogens is 380 g/mol. The number of hydrogen-bond donors (Lipinski definition) is 3. The van der Waals surface area contributed by atoms with Crippen molar-refractivity contribution in [3.05, 3.63) is 48.0 Å². The van der Waals surface area contributed by atoms with Crippen LogP contribution in [0.3, 0.4) is 0 Å². The number of aliphatic hydroxyl groups excluding tert-OH is 1. The number of aromatic nitrogens is 2. The molecule has 1 aromatic heterocycles. The molecule has 1 heterocycles. The summed E-state index contributed by atoms with van der Waals surface area (Å²) in [5, 5.41) is 16.6. The minimum Gasteiger partial charge on any atom is -0.435 e. The monoisotopic (exact) mass is 409 g/mol. The minimum absolute atomic E-state index is 0.0516. The fourth-order valence-corrected chi connectivity index (χ4v) is 2.73. The second-order valence-corrected chi connectivity index (χ2v) is 6.93. The van der Waals surface area contributed by atoms with Crippen LogP contribution in [0, 0.1) is 5.92 Å². The first-order valence-electron chi connectivity index (χ1n) is 9.64. The smallest absolute Gasteiger partial charge is 0.387 e. The summed E-state index contributed by atoms with van der Waals surface area (Å²) in [6, 6.07) is 5.91. The van der Waals surface area contributed by atoms with Gasteiger partial charge in [-0.05, 0) is 30.5 Å². The summed E-state index contributed by atoms with van der Waals surface area (Å²) in [6.07, 6.45) is 2.87. The Bertz CT molecular complexity index is 762. The van der Waals surface area contributed by atoms with Crippen molar-refractivity contribution >= 4 is 5.96 Å². The third kappa shape index (κ3) is 7.69. The summed E-state index contributed by atoms with van der Waals surface area (Å²) in [4.78, 5) is 8.89. The molecule has 0 saturated carbocycles. The molecule has 29 heavy (non-hydrogen) atoms. The van der Waals surface area contributed by atoms with Crippen LogP contribution in [0.4, 0.5) is 8.78 Å². The van der Waals surface area contributed by atoms with E-state index in [2.05, 4.69) is 43.8 Å². The summed E-state index contributed by atoms with van der Waals surface area (Å²) >= 11 is 0. The van der Waals surface area contributed by atoms with Crippen molar-refractivity contribution in [1.29, 1.82) is 0 Å². The van der Waals surface area contributed by atoms with Crippen LogP contribution in [-0.4, -0.2) is 40.3 Å². The van der Waals surface area contributed by atoms with Crippen molar-refractivity contribution in [3.63, 3.8) is 0 Å². The van der Waals surface area contributed by atoms with E-state index in [9.17, 15) is 13.9 Å². The number of hydrogen-bond acceptors (Lipinski definition) is 4. The highest BCUT2D eigenvalue weighted by Crippen LogP contribution is 2.19. The largest absolute Gasteiger partial charge is 0.435 e. The summed E-state index contributed by atoms with van der Waals surface area (Å²) in [6.45, 7) is 5.53. The lowest BCUT2D eigenvalue weighted by Gasteiger charge is -2.16. The number of aliphatic hydroxyl groups is 1. The van der Waals surface area contributed by atoms with Crippen LogP contribution in [0.2, 0.25) is 0 Å². The lowest BCUT2D eigenvalue weighted by atomic mass is 10.1. The first-order chi connectivity index (χ1) is 13.9. The predicted octanol–water partition coefficient (Wildman–Crippen LogP) is 2.93. The van der Waals surface area contributed by atoms with Gasteiger partial charge in [-0.15, -0.1) is 0 Å². The third-order valence-electron chi connectivity index (χ3n) is 4.04. The van der Waals surface area contributed by atoms with E-state index < -0.39 is 12.7 Å². The van der Waals surface area contributed by atoms with Crippen LogP contribution in [0.5, 0.6) is 5.75 Å². The Balaban J connectivity index is 1.94. The SMILES string of the molecule is CCNC(=NCc1nccn1CC(C)C)NCC(O)c1ccc(OC(F)F)cc1. The summed E-state index contributed by atoms with van der Waals surface area (Å²) in [5.74, 6) is 1.98. The third-order valence-corrected chi connectivity index (χ3v) is 4.04. The van der Waals surface area contributed by atoms with E-state index in [1.165, 1.54) is 12.1 Å².